The highest BCUT2D eigenvalue weighted by atomic mass is 19.1. The molecule has 0 aromatic heterocycles. The zero-order chi connectivity index (χ0) is 11.4. The van der Waals surface area contributed by atoms with Crippen LogP contribution in [0.15, 0.2) is 24.3 Å². The Morgan fingerprint density at radius 2 is 2.12 bits per heavy atom. The topological polar surface area (TPSA) is 24.1 Å². The molecule has 0 radical (unpaired) electrons. The third-order valence-corrected chi connectivity index (χ3v) is 3.37. The minimum atomic E-state index is -0.147. The minimum Gasteiger partial charge on any atom is -0.317 e. The lowest BCUT2D eigenvalue weighted by molar-refractivity contribution is 0.293. The van der Waals surface area contributed by atoms with Gasteiger partial charge in [-0.05, 0) is 56.6 Å². The van der Waals surface area contributed by atoms with Crippen LogP contribution in [0, 0.1) is 11.7 Å². The molecule has 2 nitrogen and oxygen atoms in total. The predicted molar refractivity (Wildman–Crippen MR) is 63.8 cm³/mol. The van der Waals surface area contributed by atoms with Gasteiger partial charge in [-0.3, -0.25) is 0 Å². The Bertz CT molecular complexity index is 334. The largest absolute Gasteiger partial charge is 0.317 e. The number of hydrogen-bond acceptors (Lipinski definition) is 2. The van der Waals surface area contributed by atoms with E-state index in [1.165, 1.54) is 6.07 Å². The number of piperidine rings is 1. The number of rotatable bonds is 3. The van der Waals surface area contributed by atoms with Gasteiger partial charge >= 0.3 is 0 Å². The average Bonchev–Trinajstić information content (AvgIpc) is 2.31. The van der Waals surface area contributed by atoms with Gasteiger partial charge in [0.05, 0.1) is 0 Å². The van der Waals surface area contributed by atoms with Gasteiger partial charge in [0.25, 0.3) is 0 Å². The molecule has 1 fully saturated rings. The third kappa shape index (κ3) is 2.60. The lowest BCUT2D eigenvalue weighted by Crippen LogP contribution is -2.35. The van der Waals surface area contributed by atoms with E-state index in [-0.39, 0.29) is 11.9 Å². The van der Waals surface area contributed by atoms with E-state index in [0.717, 1.165) is 31.5 Å². The summed E-state index contributed by atoms with van der Waals surface area (Å²) in [7, 11) is 1.96. The summed E-state index contributed by atoms with van der Waals surface area (Å²) in [6.07, 6.45) is 2.31. The second-order valence-corrected chi connectivity index (χ2v) is 4.41. The van der Waals surface area contributed by atoms with Crippen LogP contribution in [0.4, 0.5) is 4.39 Å². The highest BCUT2D eigenvalue weighted by Crippen LogP contribution is 2.28. The van der Waals surface area contributed by atoms with Gasteiger partial charge in [0.1, 0.15) is 5.82 Å². The zero-order valence-electron chi connectivity index (χ0n) is 9.67. The highest BCUT2D eigenvalue weighted by Gasteiger charge is 2.23. The van der Waals surface area contributed by atoms with Gasteiger partial charge in [-0.2, -0.15) is 0 Å². The fourth-order valence-electron chi connectivity index (χ4n) is 2.55. The van der Waals surface area contributed by atoms with Crippen LogP contribution >= 0.6 is 0 Å². The first-order valence-electron chi connectivity index (χ1n) is 5.94. The van der Waals surface area contributed by atoms with Gasteiger partial charge in [0.2, 0.25) is 0 Å². The smallest absolute Gasteiger partial charge is 0.123 e. The average molecular weight is 222 g/mol. The zero-order valence-corrected chi connectivity index (χ0v) is 9.67. The number of halogens is 1. The van der Waals surface area contributed by atoms with Crippen LogP contribution in [-0.4, -0.2) is 20.1 Å². The first-order valence-corrected chi connectivity index (χ1v) is 5.94. The standard InChI is InChI=1S/C13H19FN2/c1-15-13(10-5-7-16-8-6-10)11-3-2-4-12(14)9-11/h2-4,9-10,13,15-16H,5-8H2,1H3. The molecule has 0 bridgehead atoms. The van der Waals surface area contributed by atoms with E-state index in [1.54, 1.807) is 12.1 Å². The first-order chi connectivity index (χ1) is 7.81. The normalized spacial score (nSPS) is 19.6. The van der Waals surface area contributed by atoms with Crippen molar-refractivity contribution in [3.8, 4) is 0 Å². The summed E-state index contributed by atoms with van der Waals surface area (Å²) in [5.74, 6) is 0.458. The van der Waals surface area contributed by atoms with E-state index in [2.05, 4.69) is 10.6 Å². The maximum Gasteiger partial charge on any atom is 0.123 e. The van der Waals surface area contributed by atoms with Crippen LogP contribution in [0.1, 0.15) is 24.4 Å². The Balaban J connectivity index is 2.14. The molecule has 0 saturated carbocycles. The monoisotopic (exact) mass is 222 g/mol. The molecule has 0 spiro atoms. The Hall–Kier alpha value is -0.930. The molecule has 2 N–H and O–H groups in total. The second kappa shape index (κ2) is 5.41. The summed E-state index contributed by atoms with van der Waals surface area (Å²) in [5, 5.41) is 6.68. The fourth-order valence-corrected chi connectivity index (χ4v) is 2.55. The SMILES string of the molecule is CNC(c1cccc(F)c1)C1CCNCC1. The Morgan fingerprint density at radius 3 is 2.75 bits per heavy atom. The van der Waals surface area contributed by atoms with Crippen LogP contribution in [0.5, 0.6) is 0 Å². The van der Waals surface area contributed by atoms with Crippen molar-refractivity contribution in [2.24, 2.45) is 5.92 Å². The molecular weight excluding hydrogens is 203 g/mol. The molecule has 1 saturated heterocycles. The van der Waals surface area contributed by atoms with Crippen LogP contribution < -0.4 is 10.6 Å². The van der Waals surface area contributed by atoms with Gasteiger partial charge in [0, 0.05) is 6.04 Å². The molecule has 0 aliphatic carbocycles. The first kappa shape index (κ1) is 11.6. The van der Waals surface area contributed by atoms with Crippen molar-refractivity contribution in [1.82, 2.24) is 10.6 Å². The predicted octanol–water partition coefficient (Wildman–Crippen LogP) is 2.09. The fraction of sp³-hybridized carbons (Fsp3) is 0.538. The van der Waals surface area contributed by atoms with Crippen LogP contribution in [0.3, 0.4) is 0 Å². The van der Waals surface area contributed by atoms with Crippen molar-refractivity contribution in [3.05, 3.63) is 35.6 Å². The lowest BCUT2D eigenvalue weighted by Gasteiger charge is -2.30. The molecule has 1 heterocycles. The maximum absolute atomic E-state index is 13.2. The van der Waals surface area contributed by atoms with Crippen LogP contribution in [0.25, 0.3) is 0 Å². The van der Waals surface area contributed by atoms with E-state index in [1.807, 2.05) is 13.1 Å². The molecule has 1 atom stereocenters. The maximum atomic E-state index is 13.2. The Morgan fingerprint density at radius 1 is 1.38 bits per heavy atom. The molecule has 1 aromatic carbocycles. The number of hydrogen-bond donors (Lipinski definition) is 2. The van der Waals surface area contributed by atoms with E-state index >= 15 is 0 Å². The molecule has 1 aliphatic rings. The molecule has 88 valence electrons. The van der Waals surface area contributed by atoms with Crippen LogP contribution in [0.2, 0.25) is 0 Å². The summed E-state index contributed by atoms with van der Waals surface area (Å²) >= 11 is 0. The summed E-state index contributed by atoms with van der Waals surface area (Å²) in [6.45, 7) is 2.14. The Labute approximate surface area is 96.2 Å². The lowest BCUT2D eigenvalue weighted by atomic mass is 9.86. The summed E-state index contributed by atoms with van der Waals surface area (Å²) in [4.78, 5) is 0. The second-order valence-electron chi connectivity index (χ2n) is 4.41. The van der Waals surface area contributed by atoms with E-state index < -0.39 is 0 Å². The van der Waals surface area contributed by atoms with Crippen molar-refractivity contribution >= 4 is 0 Å². The molecule has 0 amide bonds. The Kier molecular flexibility index (Phi) is 3.91. The minimum absolute atomic E-state index is 0.147. The molecule has 2 rings (SSSR count). The van der Waals surface area contributed by atoms with Gasteiger partial charge in [-0.25, -0.2) is 4.39 Å². The molecule has 3 heteroatoms. The van der Waals surface area contributed by atoms with E-state index in [4.69, 9.17) is 0 Å². The molecular formula is C13H19FN2. The van der Waals surface area contributed by atoms with Crippen molar-refractivity contribution in [2.45, 2.75) is 18.9 Å². The van der Waals surface area contributed by atoms with Crippen molar-refractivity contribution < 1.29 is 4.39 Å². The molecule has 1 aromatic rings. The van der Waals surface area contributed by atoms with E-state index in [0.29, 0.717) is 5.92 Å². The number of nitrogens with one attached hydrogen (secondary N) is 2. The number of benzene rings is 1. The van der Waals surface area contributed by atoms with Crippen molar-refractivity contribution in [2.75, 3.05) is 20.1 Å². The molecule has 16 heavy (non-hydrogen) atoms. The highest BCUT2D eigenvalue weighted by molar-refractivity contribution is 5.21. The van der Waals surface area contributed by atoms with Gasteiger partial charge < -0.3 is 10.6 Å². The summed E-state index contributed by atoms with van der Waals surface area (Å²) in [5.41, 5.74) is 1.06. The quantitative estimate of drug-likeness (QED) is 0.818. The van der Waals surface area contributed by atoms with Gasteiger partial charge in [0.15, 0.2) is 0 Å². The molecule has 1 unspecified atom stereocenters. The van der Waals surface area contributed by atoms with Gasteiger partial charge in [-0.15, -0.1) is 0 Å². The third-order valence-electron chi connectivity index (χ3n) is 3.37. The van der Waals surface area contributed by atoms with Crippen molar-refractivity contribution in [1.29, 1.82) is 0 Å². The van der Waals surface area contributed by atoms with E-state index in [9.17, 15) is 4.39 Å². The molecule has 1 aliphatic heterocycles. The van der Waals surface area contributed by atoms with Gasteiger partial charge in [-0.1, -0.05) is 12.1 Å². The van der Waals surface area contributed by atoms with Crippen molar-refractivity contribution in [3.63, 3.8) is 0 Å². The summed E-state index contributed by atoms with van der Waals surface area (Å²) in [6, 6.07) is 7.21. The summed E-state index contributed by atoms with van der Waals surface area (Å²) < 4.78 is 13.2. The van der Waals surface area contributed by atoms with Crippen LogP contribution in [-0.2, 0) is 0 Å².